The summed E-state index contributed by atoms with van der Waals surface area (Å²) < 4.78 is 0. The summed E-state index contributed by atoms with van der Waals surface area (Å²) in [5.74, 6) is 0.937. The van der Waals surface area contributed by atoms with Crippen LogP contribution in [0.15, 0.2) is 12.7 Å². The van der Waals surface area contributed by atoms with E-state index in [9.17, 15) is 4.79 Å². The molecule has 0 spiro atoms. The average molecular weight is 275 g/mol. The highest BCUT2D eigenvalue weighted by Gasteiger charge is 2.19. The van der Waals surface area contributed by atoms with Crippen molar-refractivity contribution in [3.63, 3.8) is 0 Å². The number of nitrogens with two attached hydrogens (primary N) is 1. The topological polar surface area (TPSA) is 46.3 Å². The van der Waals surface area contributed by atoms with Crippen LogP contribution in [-0.4, -0.2) is 30.4 Å². The third-order valence-electron chi connectivity index (χ3n) is 3.50. The van der Waals surface area contributed by atoms with Gasteiger partial charge in [0, 0.05) is 19.5 Å². The Morgan fingerprint density at radius 2 is 2.00 bits per heavy atom. The number of nitrogens with zero attached hydrogens (tertiary/aromatic N) is 1. The maximum absolute atomic E-state index is 12.0. The van der Waals surface area contributed by atoms with Crippen molar-refractivity contribution in [2.75, 3.05) is 19.6 Å². The van der Waals surface area contributed by atoms with Crippen molar-refractivity contribution in [3.8, 4) is 0 Å². The lowest BCUT2D eigenvalue weighted by molar-refractivity contribution is -0.131. The van der Waals surface area contributed by atoms with E-state index >= 15 is 0 Å². The fourth-order valence-corrected chi connectivity index (χ4v) is 2.53. The summed E-state index contributed by atoms with van der Waals surface area (Å²) in [6.07, 6.45) is 9.75. The highest BCUT2D eigenvalue weighted by molar-refractivity contribution is 5.85. The first-order chi connectivity index (χ1) is 8.27. The van der Waals surface area contributed by atoms with Gasteiger partial charge in [-0.05, 0) is 31.7 Å². The van der Waals surface area contributed by atoms with Gasteiger partial charge in [-0.2, -0.15) is 0 Å². The monoisotopic (exact) mass is 274 g/mol. The van der Waals surface area contributed by atoms with Gasteiger partial charge in [0.1, 0.15) is 0 Å². The molecule has 0 unspecified atom stereocenters. The van der Waals surface area contributed by atoms with Crippen molar-refractivity contribution in [1.29, 1.82) is 0 Å². The Morgan fingerprint density at radius 3 is 2.56 bits per heavy atom. The van der Waals surface area contributed by atoms with Crippen molar-refractivity contribution in [1.82, 2.24) is 4.90 Å². The van der Waals surface area contributed by atoms with Crippen LogP contribution in [0.2, 0.25) is 0 Å². The van der Waals surface area contributed by atoms with Gasteiger partial charge >= 0.3 is 0 Å². The second-order valence-electron chi connectivity index (χ2n) is 4.98. The molecular weight excluding hydrogens is 248 g/mol. The highest BCUT2D eigenvalue weighted by atomic mass is 35.5. The Bertz CT molecular complexity index is 240. The van der Waals surface area contributed by atoms with Gasteiger partial charge in [-0.1, -0.05) is 25.3 Å². The summed E-state index contributed by atoms with van der Waals surface area (Å²) in [7, 11) is 0. The van der Waals surface area contributed by atoms with Crippen LogP contribution in [0.5, 0.6) is 0 Å². The molecule has 1 saturated carbocycles. The van der Waals surface area contributed by atoms with Gasteiger partial charge in [0.2, 0.25) is 5.91 Å². The molecule has 1 rings (SSSR count). The molecule has 2 N–H and O–H groups in total. The van der Waals surface area contributed by atoms with Gasteiger partial charge in [0.25, 0.3) is 0 Å². The number of hydrogen-bond acceptors (Lipinski definition) is 2. The van der Waals surface area contributed by atoms with E-state index in [0.29, 0.717) is 25.4 Å². The summed E-state index contributed by atoms with van der Waals surface area (Å²) in [6, 6.07) is 0. The molecule has 106 valence electrons. The zero-order valence-electron chi connectivity index (χ0n) is 11.3. The van der Waals surface area contributed by atoms with Crippen LogP contribution < -0.4 is 5.73 Å². The second-order valence-corrected chi connectivity index (χ2v) is 4.98. The van der Waals surface area contributed by atoms with E-state index in [-0.39, 0.29) is 18.3 Å². The molecule has 0 bridgehead atoms. The molecule has 0 saturated heterocycles. The number of halogens is 1. The largest absolute Gasteiger partial charge is 0.339 e. The number of carbonyl (C=O) groups is 1. The van der Waals surface area contributed by atoms with E-state index < -0.39 is 0 Å². The Kier molecular flexibility index (Phi) is 10.1. The van der Waals surface area contributed by atoms with Crippen molar-refractivity contribution in [2.45, 2.75) is 44.9 Å². The maximum atomic E-state index is 12.0. The molecule has 0 aromatic carbocycles. The van der Waals surface area contributed by atoms with E-state index in [2.05, 4.69) is 6.58 Å². The van der Waals surface area contributed by atoms with Gasteiger partial charge in [-0.25, -0.2) is 0 Å². The molecule has 0 atom stereocenters. The molecule has 0 aliphatic heterocycles. The lowest BCUT2D eigenvalue weighted by Crippen LogP contribution is -2.36. The zero-order valence-corrected chi connectivity index (χ0v) is 12.1. The standard InChI is InChI=1S/C14H26N2O.ClH/c1-2-11-16(14(17)9-6-10-15)12-13-7-4-3-5-8-13;/h2,13H,1,3-12,15H2;1H. The van der Waals surface area contributed by atoms with E-state index in [4.69, 9.17) is 5.73 Å². The van der Waals surface area contributed by atoms with Gasteiger partial charge < -0.3 is 10.6 Å². The molecule has 0 aromatic rings. The van der Waals surface area contributed by atoms with Crippen LogP contribution in [0.25, 0.3) is 0 Å². The normalized spacial score (nSPS) is 15.8. The molecule has 1 aliphatic rings. The second kappa shape index (κ2) is 10.4. The smallest absolute Gasteiger partial charge is 0.222 e. The molecule has 18 heavy (non-hydrogen) atoms. The predicted molar refractivity (Wildman–Crippen MR) is 78.9 cm³/mol. The highest BCUT2D eigenvalue weighted by Crippen LogP contribution is 2.24. The third kappa shape index (κ3) is 6.41. The lowest BCUT2D eigenvalue weighted by atomic mass is 9.89. The molecule has 1 aliphatic carbocycles. The first kappa shape index (κ1) is 17.5. The molecule has 0 heterocycles. The summed E-state index contributed by atoms with van der Waals surface area (Å²) in [6.45, 7) is 5.92. The van der Waals surface area contributed by atoms with Crippen molar-refractivity contribution >= 4 is 18.3 Å². The number of rotatable bonds is 7. The maximum Gasteiger partial charge on any atom is 0.222 e. The van der Waals surface area contributed by atoms with Gasteiger partial charge in [-0.3, -0.25) is 4.79 Å². The van der Waals surface area contributed by atoms with Crippen LogP contribution in [0.1, 0.15) is 44.9 Å². The quantitative estimate of drug-likeness (QED) is 0.726. The first-order valence-corrected chi connectivity index (χ1v) is 6.86. The van der Waals surface area contributed by atoms with Crippen LogP contribution >= 0.6 is 12.4 Å². The van der Waals surface area contributed by atoms with Gasteiger partial charge in [0.05, 0.1) is 0 Å². The Labute approximate surface area is 117 Å². The molecule has 0 aromatic heterocycles. The Hall–Kier alpha value is -0.540. The Morgan fingerprint density at radius 1 is 1.33 bits per heavy atom. The summed E-state index contributed by atoms with van der Waals surface area (Å²) >= 11 is 0. The average Bonchev–Trinajstić information content (AvgIpc) is 2.36. The third-order valence-corrected chi connectivity index (χ3v) is 3.50. The summed E-state index contributed by atoms with van der Waals surface area (Å²) in [5, 5.41) is 0. The van der Waals surface area contributed by atoms with Gasteiger partial charge in [0.15, 0.2) is 0 Å². The van der Waals surface area contributed by atoms with E-state index in [1.54, 1.807) is 0 Å². The van der Waals surface area contributed by atoms with E-state index in [0.717, 1.165) is 13.0 Å². The fourth-order valence-electron chi connectivity index (χ4n) is 2.53. The SMILES string of the molecule is C=CCN(CC1CCCCC1)C(=O)CCCN.Cl. The van der Waals surface area contributed by atoms with Crippen LogP contribution in [0.4, 0.5) is 0 Å². The molecular formula is C14H27ClN2O. The molecule has 0 radical (unpaired) electrons. The predicted octanol–water partition coefficient (Wildman–Crippen LogP) is 2.74. The first-order valence-electron chi connectivity index (χ1n) is 6.86. The number of carbonyl (C=O) groups excluding carboxylic acids is 1. The summed E-state index contributed by atoms with van der Waals surface area (Å²) in [5.41, 5.74) is 5.44. The zero-order chi connectivity index (χ0) is 12.5. The fraction of sp³-hybridized carbons (Fsp3) is 0.786. The molecule has 1 amide bonds. The minimum absolute atomic E-state index is 0. The lowest BCUT2D eigenvalue weighted by Gasteiger charge is -2.29. The van der Waals surface area contributed by atoms with Crippen LogP contribution in [-0.2, 0) is 4.79 Å². The minimum Gasteiger partial charge on any atom is -0.339 e. The van der Waals surface area contributed by atoms with Crippen LogP contribution in [0, 0.1) is 5.92 Å². The number of hydrogen-bond donors (Lipinski definition) is 1. The molecule has 1 fully saturated rings. The van der Waals surface area contributed by atoms with Crippen molar-refractivity contribution < 1.29 is 4.79 Å². The Balaban J connectivity index is 0.00000289. The summed E-state index contributed by atoms with van der Waals surface area (Å²) in [4.78, 5) is 13.9. The van der Waals surface area contributed by atoms with Crippen molar-refractivity contribution in [3.05, 3.63) is 12.7 Å². The van der Waals surface area contributed by atoms with Crippen molar-refractivity contribution in [2.24, 2.45) is 11.7 Å². The molecule has 3 nitrogen and oxygen atoms in total. The van der Waals surface area contributed by atoms with E-state index in [1.165, 1.54) is 32.1 Å². The minimum atomic E-state index is 0. The van der Waals surface area contributed by atoms with E-state index in [1.807, 2.05) is 11.0 Å². The number of amides is 1. The molecule has 4 heteroatoms. The van der Waals surface area contributed by atoms with Crippen LogP contribution in [0.3, 0.4) is 0 Å². The van der Waals surface area contributed by atoms with Gasteiger partial charge in [-0.15, -0.1) is 19.0 Å².